The highest BCUT2D eigenvalue weighted by Crippen LogP contribution is 2.45. The molecule has 3 aromatic carbocycles. The van der Waals surface area contributed by atoms with Gasteiger partial charge < -0.3 is 24.1 Å². The molecule has 2 aliphatic heterocycles. The number of oxazole rings is 1. The number of halogens is 2. The second kappa shape index (κ2) is 13.9. The fourth-order valence-corrected chi connectivity index (χ4v) is 9.41. The molecule has 5 aromatic rings. The van der Waals surface area contributed by atoms with Crippen LogP contribution in [0.1, 0.15) is 71.2 Å². The van der Waals surface area contributed by atoms with Gasteiger partial charge in [0.1, 0.15) is 16.6 Å². The molecular weight excluding hydrogens is 711 g/mol. The van der Waals surface area contributed by atoms with Crippen molar-refractivity contribution < 1.29 is 33.3 Å². The van der Waals surface area contributed by atoms with Crippen LogP contribution in [-0.4, -0.2) is 75.3 Å². The molecule has 2 aliphatic carbocycles. The van der Waals surface area contributed by atoms with Crippen LogP contribution in [-0.2, 0) is 24.2 Å². The zero-order valence-electron chi connectivity index (χ0n) is 30.3. The van der Waals surface area contributed by atoms with Gasteiger partial charge in [-0.3, -0.25) is 14.6 Å². The number of carbonyl (C=O) groups is 1. The van der Waals surface area contributed by atoms with E-state index in [0.29, 0.717) is 72.8 Å². The van der Waals surface area contributed by atoms with E-state index in [1.165, 1.54) is 5.56 Å². The van der Waals surface area contributed by atoms with Crippen LogP contribution in [0.3, 0.4) is 0 Å². The maximum atomic E-state index is 16.0. The van der Waals surface area contributed by atoms with Crippen LogP contribution in [0.4, 0.5) is 4.39 Å². The van der Waals surface area contributed by atoms with Gasteiger partial charge in [0, 0.05) is 43.3 Å². The molecule has 4 heterocycles. The van der Waals surface area contributed by atoms with Gasteiger partial charge in [0.15, 0.2) is 11.4 Å². The first kappa shape index (κ1) is 35.2. The molecule has 2 saturated heterocycles. The summed E-state index contributed by atoms with van der Waals surface area (Å²) in [7, 11) is 1.59. The van der Waals surface area contributed by atoms with Crippen molar-refractivity contribution in [2.75, 3.05) is 33.3 Å². The fourth-order valence-electron chi connectivity index (χ4n) is 9.19. The number of carboxylic acid groups (broad SMARTS) is 1. The molecule has 2 N–H and O–H groups in total. The first-order valence-corrected chi connectivity index (χ1v) is 19.2. The number of methoxy groups -OCH3 is 1. The SMILES string of the molecule is COc1nc(O[C@H]2CCc3c(-c4cccc(-c5nc6cc7c(c(F)c6o5)CC[C@H]7N5CC[C@@H](C(=O)O)C5)c4C)cccc32)c(Cl)cc1CN1CC[C@@H](O)C1. The molecule has 54 heavy (non-hydrogen) atoms. The summed E-state index contributed by atoms with van der Waals surface area (Å²) in [6.45, 7) is 5.20. The molecule has 2 fully saturated rings. The number of hydrogen-bond donors (Lipinski definition) is 2. The van der Waals surface area contributed by atoms with Crippen molar-refractivity contribution in [2.45, 2.75) is 70.2 Å². The van der Waals surface area contributed by atoms with Crippen molar-refractivity contribution >= 4 is 28.7 Å². The number of aliphatic hydroxyl groups excluding tert-OH is 1. The number of likely N-dealkylation sites (tertiary alicyclic amines) is 2. The molecule has 9 rings (SSSR count). The van der Waals surface area contributed by atoms with Gasteiger partial charge in [-0.05, 0) is 109 Å². The molecule has 4 aliphatic rings. The predicted molar refractivity (Wildman–Crippen MR) is 201 cm³/mol. The van der Waals surface area contributed by atoms with E-state index in [2.05, 4.69) is 33.0 Å². The highest BCUT2D eigenvalue weighted by molar-refractivity contribution is 6.31. The molecule has 12 heteroatoms. The van der Waals surface area contributed by atoms with E-state index in [0.717, 1.165) is 71.2 Å². The van der Waals surface area contributed by atoms with E-state index < -0.39 is 5.97 Å². The molecule has 0 amide bonds. The van der Waals surface area contributed by atoms with Crippen LogP contribution in [0, 0.1) is 18.7 Å². The number of β-amino-alcohol motifs (C(OH)–C–C–N with tert-alkyl or cyclic N) is 1. The molecule has 0 bridgehead atoms. The van der Waals surface area contributed by atoms with Crippen LogP contribution < -0.4 is 9.47 Å². The van der Waals surface area contributed by atoms with E-state index in [1.807, 2.05) is 37.3 Å². The Bertz CT molecular complexity index is 2300. The van der Waals surface area contributed by atoms with Crippen molar-refractivity contribution in [3.63, 3.8) is 0 Å². The molecular formula is C42H42ClFN4O6. The maximum Gasteiger partial charge on any atom is 0.307 e. The third kappa shape index (κ3) is 6.11. The lowest BCUT2D eigenvalue weighted by Crippen LogP contribution is -2.26. The van der Waals surface area contributed by atoms with Gasteiger partial charge >= 0.3 is 5.97 Å². The number of nitrogens with zero attached hydrogens (tertiary/aromatic N) is 4. The second-order valence-corrected chi connectivity index (χ2v) is 15.5. The number of hydrogen-bond acceptors (Lipinski definition) is 9. The summed E-state index contributed by atoms with van der Waals surface area (Å²) < 4.78 is 34.4. The zero-order valence-corrected chi connectivity index (χ0v) is 31.0. The van der Waals surface area contributed by atoms with Crippen LogP contribution >= 0.6 is 11.6 Å². The number of aromatic nitrogens is 2. The Morgan fingerprint density at radius 2 is 1.76 bits per heavy atom. The Balaban J connectivity index is 0.987. The number of pyridine rings is 1. The number of aliphatic hydroxyl groups is 1. The molecule has 10 nitrogen and oxygen atoms in total. The maximum absolute atomic E-state index is 16.0. The van der Waals surface area contributed by atoms with E-state index >= 15 is 4.39 Å². The van der Waals surface area contributed by atoms with Gasteiger partial charge in [-0.2, -0.15) is 4.98 Å². The van der Waals surface area contributed by atoms with Crippen molar-refractivity contribution in [2.24, 2.45) is 5.92 Å². The van der Waals surface area contributed by atoms with Crippen LogP contribution in [0.15, 0.2) is 52.9 Å². The average molecular weight is 753 g/mol. The van der Waals surface area contributed by atoms with E-state index in [-0.39, 0.29) is 35.6 Å². The van der Waals surface area contributed by atoms with Gasteiger partial charge in [-0.15, -0.1) is 0 Å². The Hall–Kier alpha value is -4.55. The topological polar surface area (TPSA) is 121 Å². The largest absolute Gasteiger partial charge is 0.481 e. The summed E-state index contributed by atoms with van der Waals surface area (Å²) in [4.78, 5) is 25.5. The van der Waals surface area contributed by atoms with Crippen LogP contribution in [0.25, 0.3) is 33.7 Å². The third-order valence-electron chi connectivity index (χ3n) is 11.9. The van der Waals surface area contributed by atoms with E-state index in [1.54, 1.807) is 7.11 Å². The van der Waals surface area contributed by atoms with Crippen molar-refractivity contribution in [1.82, 2.24) is 19.8 Å². The number of ether oxygens (including phenoxy) is 2. The second-order valence-electron chi connectivity index (χ2n) is 15.1. The lowest BCUT2D eigenvalue weighted by atomic mass is 9.91. The molecule has 0 unspecified atom stereocenters. The highest BCUT2D eigenvalue weighted by atomic mass is 35.5. The summed E-state index contributed by atoms with van der Waals surface area (Å²) in [6.07, 6.45) is 3.67. The number of aliphatic carboxylic acids is 1. The molecule has 0 radical (unpaired) electrons. The zero-order chi connectivity index (χ0) is 37.2. The molecule has 280 valence electrons. The molecule has 0 saturated carbocycles. The molecule has 0 spiro atoms. The summed E-state index contributed by atoms with van der Waals surface area (Å²) >= 11 is 6.75. The molecule has 4 atom stereocenters. The van der Waals surface area contributed by atoms with E-state index in [9.17, 15) is 15.0 Å². The predicted octanol–water partition coefficient (Wildman–Crippen LogP) is 7.69. The Kier molecular flexibility index (Phi) is 9.08. The Labute approximate surface area is 317 Å². The number of benzene rings is 3. The third-order valence-corrected chi connectivity index (χ3v) is 12.2. The highest BCUT2D eigenvalue weighted by Gasteiger charge is 2.38. The van der Waals surface area contributed by atoms with Gasteiger partial charge in [0.25, 0.3) is 0 Å². The van der Waals surface area contributed by atoms with Crippen molar-refractivity contribution in [1.29, 1.82) is 0 Å². The lowest BCUT2D eigenvalue weighted by molar-refractivity contribution is -0.141. The smallest absolute Gasteiger partial charge is 0.307 e. The summed E-state index contributed by atoms with van der Waals surface area (Å²) in [5, 5.41) is 19.9. The Morgan fingerprint density at radius 1 is 0.963 bits per heavy atom. The lowest BCUT2D eigenvalue weighted by Gasteiger charge is -2.24. The number of fused-ring (bicyclic) bond motifs is 3. The monoisotopic (exact) mass is 752 g/mol. The van der Waals surface area contributed by atoms with Gasteiger partial charge in [0.2, 0.25) is 17.7 Å². The Morgan fingerprint density at radius 3 is 2.54 bits per heavy atom. The minimum absolute atomic E-state index is 0.0229. The minimum atomic E-state index is -0.773. The van der Waals surface area contributed by atoms with Crippen molar-refractivity contribution in [3.05, 3.63) is 92.8 Å². The number of rotatable bonds is 9. The van der Waals surface area contributed by atoms with Gasteiger partial charge in [-0.25, -0.2) is 9.37 Å². The quantitative estimate of drug-likeness (QED) is 0.155. The van der Waals surface area contributed by atoms with Crippen LogP contribution in [0.2, 0.25) is 5.02 Å². The minimum Gasteiger partial charge on any atom is -0.481 e. The first-order chi connectivity index (χ1) is 26.2. The summed E-state index contributed by atoms with van der Waals surface area (Å²) in [6, 6.07) is 16.0. The van der Waals surface area contributed by atoms with E-state index in [4.69, 9.17) is 30.5 Å². The fraction of sp³-hybridized carbons (Fsp3) is 0.405. The normalized spacial score (nSPS) is 22.6. The van der Waals surface area contributed by atoms with Crippen LogP contribution in [0.5, 0.6) is 11.8 Å². The van der Waals surface area contributed by atoms with Gasteiger partial charge in [0.05, 0.1) is 19.1 Å². The molecule has 2 aromatic heterocycles. The summed E-state index contributed by atoms with van der Waals surface area (Å²) in [5.41, 5.74) is 9.16. The standard InChI is InChI=1S/C42H42ClFN4O6/c1-22-26(5-3-6-27(22)40-45-34-18-32-31(37(44)38(34)54-40)9-11-35(32)48-16-13-23(20-48)42(50)51)28-7-4-8-30-29(28)10-12-36(30)53-41-33(43)17-24(39(46-41)52-2)19-47-15-14-25(49)21-47/h3-8,17-18,23,25,35-36,49H,9-16,19-21H2,1-2H3,(H,50,51)/t23-,25-,35-,36+/m1/s1. The van der Waals surface area contributed by atoms with Gasteiger partial charge in [-0.1, -0.05) is 41.9 Å². The summed E-state index contributed by atoms with van der Waals surface area (Å²) in [5.74, 6) is -0.384. The van der Waals surface area contributed by atoms with Crippen molar-refractivity contribution in [3.8, 4) is 34.3 Å². The average Bonchev–Trinajstić information content (AvgIpc) is 4.00. The first-order valence-electron chi connectivity index (χ1n) is 18.8. The number of carboxylic acids is 1.